The summed E-state index contributed by atoms with van der Waals surface area (Å²) in [6.07, 6.45) is -2.83. The summed E-state index contributed by atoms with van der Waals surface area (Å²) in [7, 11) is 0. The quantitative estimate of drug-likeness (QED) is 0.460. The van der Waals surface area contributed by atoms with Crippen LogP contribution in [0.2, 0.25) is 0 Å². The molecule has 0 saturated carbocycles. The first-order valence-corrected chi connectivity index (χ1v) is 9.85. The summed E-state index contributed by atoms with van der Waals surface area (Å²) in [5.41, 5.74) is 3.00. The van der Waals surface area contributed by atoms with Gasteiger partial charge in [0.05, 0.1) is 11.3 Å². The minimum absolute atomic E-state index is 0.109. The topological polar surface area (TPSA) is 95.1 Å². The lowest BCUT2D eigenvalue weighted by atomic mass is 10.0. The fraction of sp³-hybridized carbons (Fsp3) is 0.130. The number of nitrogens with zero attached hydrogens (tertiary/aromatic N) is 4. The lowest BCUT2D eigenvalue weighted by molar-refractivity contribution is -0.149. The fourth-order valence-corrected chi connectivity index (χ4v) is 3.12. The highest BCUT2D eigenvalue weighted by Gasteiger charge is 2.37. The Bertz CT molecular complexity index is 1370. The molecule has 10 heteroatoms. The van der Waals surface area contributed by atoms with Crippen molar-refractivity contribution in [3.8, 4) is 17.2 Å². The van der Waals surface area contributed by atoms with E-state index < -0.39 is 18.1 Å². The number of alkyl halides is 3. The molecule has 0 aliphatic heterocycles. The second kappa shape index (κ2) is 8.63. The molecule has 1 unspecified atom stereocenters. The number of para-hydroxylation sites is 1. The van der Waals surface area contributed by atoms with Gasteiger partial charge in [0, 0.05) is 17.3 Å². The van der Waals surface area contributed by atoms with E-state index in [1.807, 2.05) is 5.32 Å². The Hall–Kier alpha value is -4.39. The van der Waals surface area contributed by atoms with E-state index in [0.29, 0.717) is 34.0 Å². The number of fused-ring (bicyclic) bond motifs is 1. The summed E-state index contributed by atoms with van der Waals surface area (Å²) < 4.78 is 39.8. The summed E-state index contributed by atoms with van der Waals surface area (Å²) >= 11 is 0. The third kappa shape index (κ3) is 4.77. The molecule has 4 rings (SSSR count). The second-order valence-electron chi connectivity index (χ2n) is 7.26. The summed E-state index contributed by atoms with van der Waals surface area (Å²) in [6, 6.07) is 16.9. The average Bonchev–Trinajstić information content (AvgIpc) is 3.20. The summed E-state index contributed by atoms with van der Waals surface area (Å²) in [4.78, 5) is 16.6. The predicted octanol–water partition coefficient (Wildman–Crippen LogP) is 4.69. The molecule has 0 aliphatic carbocycles. The first-order chi connectivity index (χ1) is 15.7. The summed E-state index contributed by atoms with van der Waals surface area (Å²) in [5.74, 6) is -0.518. The first kappa shape index (κ1) is 21.8. The number of pyridine rings is 1. The number of carbonyl (C=O) groups excluding carboxylic acids is 1. The average molecular weight is 450 g/mol. The van der Waals surface area contributed by atoms with Crippen LogP contribution in [-0.4, -0.2) is 32.7 Å². The molecule has 0 fully saturated rings. The van der Waals surface area contributed by atoms with Crippen molar-refractivity contribution in [3.05, 3.63) is 78.0 Å². The minimum atomic E-state index is -4.52. The van der Waals surface area contributed by atoms with E-state index in [2.05, 4.69) is 21.5 Å². The molecule has 0 spiro atoms. The minimum Gasteiger partial charge on any atom is -0.341 e. The van der Waals surface area contributed by atoms with Crippen molar-refractivity contribution in [2.45, 2.75) is 19.1 Å². The third-order valence-corrected chi connectivity index (χ3v) is 4.92. The van der Waals surface area contributed by atoms with Gasteiger partial charge in [-0.1, -0.05) is 24.3 Å². The Labute approximate surface area is 186 Å². The highest BCUT2D eigenvalue weighted by Crippen LogP contribution is 2.24. The standard InChI is InChI=1S/C23H17F3N6O/c1-14(23(24,25)26)28-21(33)16-7-4-6-15(11-16)18-9-10-20-30-22(31-32(20)13-18)29-19-8-3-2-5-17(19)12-27/h2-11,13-14H,1H3,(H,28,33)(H,29,31). The molecule has 0 bridgehead atoms. The lowest BCUT2D eigenvalue weighted by Gasteiger charge is -2.17. The first-order valence-electron chi connectivity index (χ1n) is 9.85. The van der Waals surface area contributed by atoms with Crippen molar-refractivity contribution in [2.75, 3.05) is 5.32 Å². The van der Waals surface area contributed by atoms with Gasteiger partial charge in [0.15, 0.2) is 5.65 Å². The number of hydrogen-bond donors (Lipinski definition) is 2. The van der Waals surface area contributed by atoms with Crippen LogP contribution in [0.4, 0.5) is 24.8 Å². The molecule has 2 heterocycles. The van der Waals surface area contributed by atoms with Crippen LogP contribution in [0.3, 0.4) is 0 Å². The van der Waals surface area contributed by atoms with Gasteiger partial charge in [-0.15, -0.1) is 5.10 Å². The fourth-order valence-electron chi connectivity index (χ4n) is 3.12. The van der Waals surface area contributed by atoms with Gasteiger partial charge in [0.2, 0.25) is 5.95 Å². The van der Waals surface area contributed by atoms with Crippen molar-refractivity contribution in [2.24, 2.45) is 0 Å². The molecule has 4 aromatic rings. The predicted molar refractivity (Wildman–Crippen MR) is 116 cm³/mol. The highest BCUT2D eigenvalue weighted by molar-refractivity contribution is 5.95. The van der Waals surface area contributed by atoms with Crippen molar-refractivity contribution in [3.63, 3.8) is 0 Å². The van der Waals surface area contributed by atoms with Gasteiger partial charge in [-0.25, -0.2) is 4.52 Å². The van der Waals surface area contributed by atoms with E-state index in [-0.39, 0.29) is 5.56 Å². The van der Waals surface area contributed by atoms with Crippen LogP contribution in [0.1, 0.15) is 22.8 Å². The smallest absolute Gasteiger partial charge is 0.341 e. The number of hydrogen-bond acceptors (Lipinski definition) is 5. The van der Waals surface area contributed by atoms with Gasteiger partial charge in [0.25, 0.3) is 5.91 Å². The number of nitrogens with one attached hydrogen (secondary N) is 2. The molecule has 2 aromatic heterocycles. The number of aromatic nitrogens is 3. The van der Waals surface area contributed by atoms with Crippen LogP contribution >= 0.6 is 0 Å². The Morgan fingerprint density at radius 3 is 2.64 bits per heavy atom. The number of carbonyl (C=O) groups is 1. The van der Waals surface area contributed by atoms with Crippen LogP contribution in [0.5, 0.6) is 0 Å². The molecule has 166 valence electrons. The van der Waals surface area contributed by atoms with E-state index in [1.165, 1.54) is 16.6 Å². The summed E-state index contributed by atoms with van der Waals surface area (Å²) in [5, 5.41) is 18.6. The molecule has 0 radical (unpaired) electrons. The van der Waals surface area contributed by atoms with E-state index in [0.717, 1.165) is 6.92 Å². The second-order valence-corrected chi connectivity index (χ2v) is 7.26. The zero-order chi connectivity index (χ0) is 23.6. The van der Waals surface area contributed by atoms with Crippen molar-refractivity contribution >= 4 is 23.2 Å². The number of anilines is 2. The van der Waals surface area contributed by atoms with Gasteiger partial charge in [0.1, 0.15) is 12.1 Å². The van der Waals surface area contributed by atoms with Gasteiger partial charge in [-0.3, -0.25) is 4.79 Å². The Morgan fingerprint density at radius 1 is 1.09 bits per heavy atom. The number of rotatable bonds is 5. The maximum Gasteiger partial charge on any atom is 0.408 e. The normalized spacial score (nSPS) is 12.2. The largest absolute Gasteiger partial charge is 0.408 e. The Kier molecular flexibility index (Phi) is 5.70. The van der Waals surface area contributed by atoms with Crippen LogP contribution in [0.25, 0.3) is 16.8 Å². The van der Waals surface area contributed by atoms with Gasteiger partial charge in [-0.05, 0) is 48.9 Å². The van der Waals surface area contributed by atoms with Crippen molar-refractivity contribution in [1.29, 1.82) is 5.26 Å². The van der Waals surface area contributed by atoms with E-state index in [4.69, 9.17) is 0 Å². The zero-order valence-corrected chi connectivity index (χ0v) is 17.3. The maximum absolute atomic E-state index is 12.7. The zero-order valence-electron chi connectivity index (χ0n) is 17.3. The highest BCUT2D eigenvalue weighted by atomic mass is 19.4. The third-order valence-electron chi connectivity index (χ3n) is 4.92. The van der Waals surface area contributed by atoms with Crippen LogP contribution in [0.15, 0.2) is 66.9 Å². The molecule has 1 amide bonds. The molecule has 2 aromatic carbocycles. The van der Waals surface area contributed by atoms with E-state index in [1.54, 1.807) is 54.7 Å². The van der Waals surface area contributed by atoms with Gasteiger partial charge in [-0.2, -0.15) is 23.4 Å². The molecule has 0 saturated heterocycles. The maximum atomic E-state index is 12.7. The Morgan fingerprint density at radius 2 is 1.88 bits per heavy atom. The van der Waals surface area contributed by atoms with Gasteiger partial charge >= 0.3 is 6.18 Å². The summed E-state index contributed by atoms with van der Waals surface area (Å²) in [6.45, 7) is 0.890. The monoisotopic (exact) mass is 450 g/mol. The molecule has 33 heavy (non-hydrogen) atoms. The van der Waals surface area contributed by atoms with Crippen molar-refractivity contribution < 1.29 is 18.0 Å². The molecular formula is C23H17F3N6O. The van der Waals surface area contributed by atoms with Crippen molar-refractivity contribution in [1.82, 2.24) is 19.9 Å². The van der Waals surface area contributed by atoms with E-state index in [9.17, 15) is 23.2 Å². The molecule has 1 atom stereocenters. The number of benzene rings is 2. The van der Waals surface area contributed by atoms with Gasteiger partial charge < -0.3 is 10.6 Å². The van der Waals surface area contributed by atoms with Crippen LogP contribution in [-0.2, 0) is 0 Å². The molecular weight excluding hydrogens is 433 g/mol. The van der Waals surface area contributed by atoms with Crippen LogP contribution < -0.4 is 10.6 Å². The Balaban J connectivity index is 1.59. The number of nitriles is 1. The van der Waals surface area contributed by atoms with Crippen LogP contribution in [0, 0.1) is 11.3 Å². The SMILES string of the molecule is CC(NC(=O)c1cccc(-c2ccc3nc(Nc4ccccc4C#N)nn3c2)c1)C(F)(F)F. The molecule has 0 aliphatic rings. The lowest BCUT2D eigenvalue weighted by Crippen LogP contribution is -2.43. The molecule has 2 N–H and O–H groups in total. The van der Waals surface area contributed by atoms with E-state index >= 15 is 0 Å². The number of amides is 1. The molecule has 7 nitrogen and oxygen atoms in total. The number of halogens is 3.